The van der Waals surface area contributed by atoms with Crippen molar-refractivity contribution in [3.8, 4) is 0 Å². The van der Waals surface area contributed by atoms with Gasteiger partial charge in [-0.2, -0.15) is 0 Å². The van der Waals surface area contributed by atoms with Crippen molar-refractivity contribution in [3.63, 3.8) is 0 Å². The Morgan fingerprint density at radius 1 is 1.00 bits per heavy atom. The summed E-state index contributed by atoms with van der Waals surface area (Å²) in [6.45, 7) is 11.9. The molecule has 4 fully saturated rings. The number of hydrogen-bond acceptors (Lipinski definition) is 3. The highest BCUT2D eigenvalue weighted by Gasteiger charge is 2.67. The van der Waals surface area contributed by atoms with E-state index in [9.17, 15) is 15.0 Å². The fourth-order valence-electron chi connectivity index (χ4n) is 9.04. The second-order valence-electron chi connectivity index (χ2n) is 12.7. The summed E-state index contributed by atoms with van der Waals surface area (Å²) in [5.41, 5.74) is -1.30. The number of fused-ring (bicyclic) bond motifs is 5. The van der Waals surface area contributed by atoms with Gasteiger partial charge in [-0.25, -0.2) is 0 Å². The number of Topliss-reactive ketones (excluding diaryl/α,β-unsaturated/α-hetero) is 1. The Bertz CT molecular complexity index is 658. The number of carbonyl (C=O) groups excluding carboxylic acids is 1. The third-order valence-electron chi connectivity index (χ3n) is 10.8. The fourth-order valence-corrected chi connectivity index (χ4v) is 9.04. The van der Waals surface area contributed by atoms with Gasteiger partial charge in [0.2, 0.25) is 0 Å². The Hall–Kier alpha value is -0.410. The van der Waals surface area contributed by atoms with Crippen LogP contribution in [-0.4, -0.2) is 27.7 Å². The molecule has 4 saturated carbocycles. The monoisotopic (exact) mass is 418 g/mol. The maximum Gasteiger partial charge on any atom is 0.165 e. The van der Waals surface area contributed by atoms with E-state index in [2.05, 4.69) is 34.6 Å². The number of carbonyl (C=O) groups is 1. The molecule has 0 aliphatic heterocycles. The summed E-state index contributed by atoms with van der Waals surface area (Å²) in [6, 6.07) is 0. The van der Waals surface area contributed by atoms with Crippen LogP contribution in [0.15, 0.2) is 0 Å². The van der Waals surface area contributed by atoms with E-state index in [1.165, 1.54) is 38.5 Å². The van der Waals surface area contributed by atoms with Crippen molar-refractivity contribution >= 4 is 5.78 Å². The molecule has 0 heterocycles. The number of hydrogen-bond donors (Lipinski definition) is 2. The van der Waals surface area contributed by atoms with E-state index in [4.69, 9.17) is 0 Å². The van der Waals surface area contributed by atoms with Gasteiger partial charge in [0.25, 0.3) is 0 Å². The molecule has 4 rings (SSSR count). The van der Waals surface area contributed by atoms with Crippen LogP contribution in [0.25, 0.3) is 0 Å². The van der Waals surface area contributed by atoms with Crippen molar-refractivity contribution in [1.82, 2.24) is 0 Å². The van der Waals surface area contributed by atoms with E-state index in [1.807, 2.05) is 0 Å². The van der Waals surface area contributed by atoms with Crippen LogP contribution in [0.3, 0.4) is 0 Å². The van der Waals surface area contributed by atoms with E-state index in [-0.39, 0.29) is 17.6 Å². The van der Waals surface area contributed by atoms with Crippen molar-refractivity contribution in [1.29, 1.82) is 0 Å². The van der Waals surface area contributed by atoms with Crippen LogP contribution in [-0.2, 0) is 4.79 Å². The Balaban J connectivity index is 1.54. The molecule has 3 nitrogen and oxygen atoms in total. The van der Waals surface area contributed by atoms with Gasteiger partial charge in [-0.05, 0) is 79.4 Å². The van der Waals surface area contributed by atoms with Crippen molar-refractivity contribution in [3.05, 3.63) is 0 Å². The number of aliphatic hydroxyl groups is 2. The second kappa shape index (κ2) is 7.87. The molecule has 30 heavy (non-hydrogen) atoms. The van der Waals surface area contributed by atoms with Crippen LogP contribution in [0.2, 0.25) is 0 Å². The Kier molecular flexibility index (Phi) is 5.97. The molecule has 0 radical (unpaired) electrons. The van der Waals surface area contributed by atoms with E-state index in [0.29, 0.717) is 29.6 Å². The maximum atomic E-state index is 13.3. The molecule has 0 saturated heterocycles. The lowest BCUT2D eigenvalue weighted by atomic mass is 9.42. The maximum absolute atomic E-state index is 13.3. The molecule has 0 unspecified atom stereocenters. The first kappa shape index (κ1) is 22.8. The summed E-state index contributed by atoms with van der Waals surface area (Å²) in [5, 5.41) is 21.7. The molecular weight excluding hydrogens is 372 g/mol. The lowest BCUT2D eigenvalue weighted by Crippen LogP contribution is -2.67. The van der Waals surface area contributed by atoms with E-state index in [1.54, 1.807) is 0 Å². The van der Waals surface area contributed by atoms with Gasteiger partial charge in [-0.3, -0.25) is 4.79 Å². The number of rotatable bonds is 5. The molecule has 0 aromatic rings. The Labute approximate surface area is 184 Å². The molecule has 0 aromatic carbocycles. The van der Waals surface area contributed by atoms with Crippen LogP contribution >= 0.6 is 0 Å². The summed E-state index contributed by atoms with van der Waals surface area (Å²) in [5.74, 6) is 3.87. The van der Waals surface area contributed by atoms with Crippen LogP contribution in [0.5, 0.6) is 0 Å². The molecule has 172 valence electrons. The number of ketones is 1. The molecule has 9 atom stereocenters. The molecule has 0 bridgehead atoms. The van der Waals surface area contributed by atoms with E-state index >= 15 is 0 Å². The highest BCUT2D eigenvalue weighted by Crippen LogP contribution is 2.68. The molecule has 3 heteroatoms. The highest BCUT2D eigenvalue weighted by atomic mass is 16.3. The normalized spacial score (nSPS) is 49.5. The number of aliphatic hydroxyl groups excluding tert-OH is 1. The molecule has 0 spiro atoms. The average molecular weight is 419 g/mol. The average Bonchev–Trinajstić information content (AvgIpc) is 3.01. The van der Waals surface area contributed by atoms with Crippen molar-refractivity contribution in [2.24, 2.45) is 46.3 Å². The van der Waals surface area contributed by atoms with Gasteiger partial charge in [0, 0.05) is 18.3 Å². The fraction of sp³-hybridized carbons (Fsp3) is 0.963. The first-order valence-corrected chi connectivity index (χ1v) is 13.0. The van der Waals surface area contributed by atoms with Gasteiger partial charge in [0.1, 0.15) is 5.60 Å². The predicted octanol–water partition coefficient (Wildman–Crippen LogP) is 5.76. The lowest BCUT2D eigenvalue weighted by Gasteiger charge is -2.63. The molecule has 0 aromatic heterocycles. The Morgan fingerprint density at radius 3 is 2.43 bits per heavy atom. The van der Waals surface area contributed by atoms with Crippen LogP contribution < -0.4 is 0 Å². The van der Waals surface area contributed by atoms with Gasteiger partial charge in [0.15, 0.2) is 5.78 Å². The molecule has 2 N–H and O–H groups in total. The van der Waals surface area contributed by atoms with Crippen molar-refractivity contribution in [2.75, 3.05) is 0 Å². The molecular formula is C27H46O3. The van der Waals surface area contributed by atoms with Gasteiger partial charge in [0.05, 0.1) is 6.10 Å². The molecule has 4 aliphatic rings. The van der Waals surface area contributed by atoms with Gasteiger partial charge >= 0.3 is 0 Å². The summed E-state index contributed by atoms with van der Waals surface area (Å²) in [7, 11) is 0. The SMILES string of the molecule is CC(C)CCC[C@@H](C)[C@H]1CC[C@H]2[C@@H]3CC(=O)[C@@]4(O)C[C@H](O)CC[C@]4(C)[C@H]3CC[C@]12C. The van der Waals surface area contributed by atoms with Crippen molar-refractivity contribution < 1.29 is 15.0 Å². The minimum absolute atomic E-state index is 0.0303. The van der Waals surface area contributed by atoms with E-state index < -0.39 is 11.7 Å². The standard InChI is InChI=1S/C27H46O3/c1-17(2)7-6-8-18(3)21-9-10-22-20-15-24(29)27(30)16-19(28)11-14-26(27,5)23(20)12-13-25(21,22)4/h17-23,28,30H,6-16H2,1-5H3/t18-,19-,20+,21-,22+,23+,25-,26-,27+/m1/s1. The summed E-state index contributed by atoms with van der Waals surface area (Å²) in [4.78, 5) is 13.3. The van der Waals surface area contributed by atoms with Crippen LogP contribution in [0.1, 0.15) is 105 Å². The Morgan fingerprint density at radius 2 is 1.73 bits per heavy atom. The lowest BCUT2D eigenvalue weighted by molar-refractivity contribution is -0.213. The minimum Gasteiger partial charge on any atom is -0.393 e. The van der Waals surface area contributed by atoms with Gasteiger partial charge in [-0.1, -0.05) is 53.9 Å². The largest absolute Gasteiger partial charge is 0.393 e. The quantitative estimate of drug-likeness (QED) is 0.596. The van der Waals surface area contributed by atoms with Crippen molar-refractivity contribution in [2.45, 2.75) is 117 Å². The smallest absolute Gasteiger partial charge is 0.165 e. The molecule has 0 amide bonds. The van der Waals surface area contributed by atoms with Crippen LogP contribution in [0, 0.1) is 46.3 Å². The second-order valence-corrected chi connectivity index (χ2v) is 12.7. The zero-order valence-electron chi connectivity index (χ0n) is 20.1. The van der Waals surface area contributed by atoms with Gasteiger partial charge < -0.3 is 10.2 Å². The summed E-state index contributed by atoms with van der Waals surface area (Å²) < 4.78 is 0. The minimum atomic E-state index is -1.30. The first-order valence-electron chi connectivity index (χ1n) is 13.0. The zero-order chi connectivity index (χ0) is 21.9. The van der Waals surface area contributed by atoms with E-state index in [0.717, 1.165) is 37.0 Å². The third kappa shape index (κ3) is 3.33. The molecule has 4 aliphatic carbocycles. The zero-order valence-corrected chi connectivity index (χ0v) is 20.1. The highest BCUT2D eigenvalue weighted by molar-refractivity contribution is 5.89. The summed E-state index contributed by atoms with van der Waals surface area (Å²) in [6.07, 6.45) is 10.8. The predicted molar refractivity (Wildman–Crippen MR) is 121 cm³/mol. The summed E-state index contributed by atoms with van der Waals surface area (Å²) >= 11 is 0. The first-order chi connectivity index (χ1) is 14.0. The third-order valence-corrected chi connectivity index (χ3v) is 10.8. The van der Waals surface area contributed by atoms with Gasteiger partial charge in [-0.15, -0.1) is 0 Å². The van der Waals surface area contributed by atoms with Crippen LogP contribution in [0.4, 0.5) is 0 Å². The topological polar surface area (TPSA) is 57.5 Å².